The highest BCUT2D eigenvalue weighted by Gasteiger charge is 2.48. The van der Waals surface area contributed by atoms with E-state index in [1.165, 1.54) is 51.7 Å². The van der Waals surface area contributed by atoms with Crippen molar-refractivity contribution in [2.75, 3.05) is 26.8 Å². The van der Waals surface area contributed by atoms with Gasteiger partial charge in [-0.2, -0.15) is 0 Å². The maximum atomic E-state index is 14.9. The summed E-state index contributed by atoms with van der Waals surface area (Å²) in [7, 11) is 1.31. The molecule has 5 nitrogen and oxygen atoms in total. The molecule has 3 aliphatic carbocycles. The number of likely N-dealkylation sites (tertiary alicyclic amines) is 1. The first-order valence-corrected chi connectivity index (χ1v) is 12.1. The van der Waals surface area contributed by atoms with E-state index in [-0.39, 0.29) is 16.9 Å². The quantitative estimate of drug-likeness (QED) is 0.545. The lowest BCUT2D eigenvalue weighted by atomic mass is 9.71. The molecule has 4 aliphatic rings. The molecule has 1 spiro atoms. The van der Waals surface area contributed by atoms with E-state index in [0.717, 1.165) is 44.3 Å². The summed E-state index contributed by atoms with van der Waals surface area (Å²) >= 11 is 0. The number of nitrogens with zero attached hydrogens (tertiary/aromatic N) is 1. The van der Waals surface area contributed by atoms with Gasteiger partial charge in [0.25, 0.3) is 12.4 Å². The van der Waals surface area contributed by atoms with Crippen molar-refractivity contribution in [3.05, 3.63) is 29.1 Å². The summed E-state index contributed by atoms with van der Waals surface area (Å²) in [5, 5.41) is 0. The predicted molar refractivity (Wildman–Crippen MR) is 120 cm³/mol. The lowest BCUT2D eigenvalue weighted by molar-refractivity contribution is -0.126. The number of carbonyl (C=O) groups excluding carboxylic acids is 2. The standard InChI is InChI=1S/C24H32FNO2.C2H4O2/c1-23(6-8-24(9-7-23)10-11-24)16-28-21-15-20(25)19(14-18(21)17-4-5-17)22(27)26-12-2-3-13-26;1-4-2-3/h14-15,17H,2-13,16H2,1H3;2H,1H3. The minimum atomic E-state index is -0.429. The molecule has 0 radical (unpaired) electrons. The molecule has 1 heterocycles. The van der Waals surface area contributed by atoms with Crippen molar-refractivity contribution < 1.29 is 23.5 Å². The predicted octanol–water partition coefficient (Wildman–Crippen LogP) is 5.47. The molecule has 0 unspecified atom stereocenters. The van der Waals surface area contributed by atoms with E-state index in [1.54, 1.807) is 11.0 Å². The first-order valence-electron chi connectivity index (χ1n) is 12.1. The molecule has 6 heteroatoms. The Hall–Kier alpha value is -2.11. The molecule has 5 rings (SSSR count). The van der Waals surface area contributed by atoms with Gasteiger partial charge in [0.1, 0.15) is 11.6 Å². The lowest BCUT2D eigenvalue weighted by Crippen LogP contribution is -2.31. The second kappa shape index (κ2) is 9.40. The van der Waals surface area contributed by atoms with Gasteiger partial charge in [-0.25, -0.2) is 4.39 Å². The number of rotatable bonds is 6. The number of amides is 1. The van der Waals surface area contributed by atoms with Gasteiger partial charge in [0, 0.05) is 24.6 Å². The van der Waals surface area contributed by atoms with Crippen LogP contribution in [-0.4, -0.2) is 44.1 Å². The van der Waals surface area contributed by atoms with Crippen LogP contribution in [0.15, 0.2) is 12.1 Å². The Bertz CT molecular complexity index is 830. The van der Waals surface area contributed by atoms with Crippen molar-refractivity contribution in [3.8, 4) is 5.75 Å². The molecular weight excluding hydrogens is 409 g/mol. The smallest absolute Gasteiger partial charge is 0.292 e. The van der Waals surface area contributed by atoms with Crippen LogP contribution in [0.25, 0.3) is 0 Å². The van der Waals surface area contributed by atoms with Crippen LogP contribution < -0.4 is 4.74 Å². The van der Waals surface area contributed by atoms with Crippen LogP contribution in [0.1, 0.15) is 93.0 Å². The molecule has 3 saturated carbocycles. The monoisotopic (exact) mass is 445 g/mol. The zero-order chi connectivity index (χ0) is 22.8. The van der Waals surface area contributed by atoms with Crippen LogP contribution in [0.2, 0.25) is 0 Å². The van der Waals surface area contributed by atoms with Gasteiger partial charge in [0.15, 0.2) is 0 Å². The van der Waals surface area contributed by atoms with Gasteiger partial charge in [-0.15, -0.1) is 0 Å². The van der Waals surface area contributed by atoms with Crippen LogP contribution in [0.5, 0.6) is 5.75 Å². The molecule has 0 N–H and O–H groups in total. The summed E-state index contributed by atoms with van der Waals surface area (Å²) in [6, 6.07) is 3.29. The van der Waals surface area contributed by atoms with E-state index < -0.39 is 5.82 Å². The summed E-state index contributed by atoms with van der Waals surface area (Å²) in [5.41, 5.74) is 2.13. The van der Waals surface area contributed by atoms with Crippen molar-refractivity contribution >= 4 is 12.4 Å². The van der Waals surface area contributed by atoms with Crippen molar-refractivity contribution in [3.63, 3.8) is 0 Å². The fourth-order valence-electron chi connectivity index (χ4n) is 5.12. The molecule has 1 aromatic carbocycles. The van der Waals surface area contributed by atoms with Gasteiger partial charge < -0.3 is 14.4 Å². The van der Waals surface area contributed by atoms with Crippen LogP contribution >= 0.6 is 0 Å². The highest BCUT2D eigenvalue weighted by molar-refractivity contribution is 5.95. The average molecular weight is 446 g/mol. The van der Waals surface area contributed by atoms with E-state index in [9.17, 15) is 9.18 Å². The number of hydrogen-bond donors (Lipinski definition) is 0. The third kappa shape index (κ3) is 5.26. The van der Waals surface area contributed by atoms with Crippen molar-refractivity contribution in [1.29, 1.82) is 0 Å². The maximum absolute atomic E-state index is 14.9. The van der Waals surface area contributed by atoms with Crippen LogP contribution in [0.4, 0.5) is 4.39 Å². The van der Waals surface area contributed by atoms with Crippen molar-refractivity contribution in [2.45, 2.75) is 77.0 Å². The van der Waals surface area contributed by atoms with Gasteiger partial charge in [-0.1, -0.05) is 6.92 Å². The topological polar surface area (TPSA) is 55.8 Å². The highest BCUT2D eigenvalue weighted by atomic mass is 19.1. The van der Waals surface area contributed by atoms with E-state index in [2.05, 4.69) is 11.7 Å². The number of benzene rings is 1. The summed E-state index contributed by atoms with van der Waals surface area (Å²) in [5.74, 6) is 0.514. The van der Waals surface area contributed by atoms with Gasteiger partial charge in [0.05, 0.1) is 19.3 Å². The molecule has 176 valence electrons. The second-order valence-corrected chi connectivity index (χ2v) is 10.6. The first-order chi connectivity index (χ1) is 15.4. The Morgan fingerprint density at radius 1 is 1.12 bits per heavy atom. The average Bonchev–Trinajstić information content (AvgIpc) is 3.73. The molecule has 4 fully saturated rings. The fraction of sp³-hybridized carbons (Fsp3) is 0.692. The third-order valence-corrected chi connectivity index (χ3v) is 7.89. The SMILES string of the molecule is CC1(COc2cc(F)c(C(=O)N3CCCC3)cc2C2CC2)CCC2(CC1)CC2.COC=O. The maximum Gasteiger partial charge on any atom is 0.292 e. The number of halogens is 1. The Morgan fingerprint density at radius 2 is 1.72 bits per heavy atom. The molecule has 1 amide bonds. The Labute approximate surface area is 190 Å². The largest absolute Gasteiger partial charge is 0.493 e. The molecule has 1 aliphatic heterocycles. The van der Waals surface area contributed by atoms with Crippen LogP contribution in [0.3, 0.4) is 0 Å². The molecule has 0 atom stereocenters. The second-order valence-electron chi connectivity index (χ2n) is 10.6. The molecular formula is C26H36FNO4. The van der Waals surface area contributed by atoms with Crippen LogP contribution in [-0.2, 0) is 9.53 Å². The summed E-state index contributed by atoms with van der Waals surface area (Å²) in [6.45, 7) is 4.84. The van der Waals surface area contributed by atoms with E-state index >= 15 is 0 Å². The molecule has 1 aromatic rings. The summed E-state index contributed by atoms with van der Waals surface area (Å²) in [6.07, 6.45) is 12.1. The van der Waals surface area contributed by atoms with Crippen molar-refractivity contribution in [1.82, 2.24) is 4.90 Å². The minimum absolute atomic E-state index is 0.155. The number of methoxy groups -OCH3 is 1. The summed E-state index contributed by atoms with van der Waals surface area (Å²) < 4.78 is 25.0. The number of hydrogen-bond acceptors (Lipinski definition) is 4. The molecule has 1 saturated heterocycles. The first kappa shape index (κ1) is 23.1. The Balaban J connectivity index is 0.000000567. The third-order valence-electron chi connectivity index (χ3n) is 7.89. The van der Waals surface area contributed by atoms with Crippen molar-refractivity contribution in [2.24, 2.45) is 10.8 Å². The minimum Gasteiger partial charge on any atom is -0.493 e. The van der Waals surface area contributed by atoms with E-state index in [1.807, 2.05) is 0 Å². The molecule has 32 heavy (non-hydrogen) atoms. The van der Waals surface area contributed by atoms with Gasteiger partial charge in [0.2, 0.25) is 0 Å². The highest BCUT2D eigenvalue weighted by Crippen LogP contribution is 2.59. The fourth-order valence-corrected chi connectivity index (χ4v) is 5.12. The van der Waals surface area contributed by atoms with Crippen LogP contribution in [0, 0.1) is 16.6 Å². The van der Waals surface area contributed by atoms with Gasteiger partial charge >= 0.3 is 0 Å². The van der Waals surface area contributed by atoms with Gasteiger partial charge in [-0.3, -0.25) is 9.59 Å². The van der Waals surface area contributed by atoms with E-state index in [0.29, 0.717) is 30.2 Å². The number of carbonyl (C=O) groups is 2. The Kier molecular flexibility index (Phi) is 6.78. The number of ether oxygens (including phenoxy) is 2. The summed E-state index contributed by atoms with van der Waals surface area (Å²) in [4.78, 5) is 23.5. The van der Waals surface area contributed by atoms with E-state index in [4.69, 9.17) is 9.53 Å². The molecule has 0 bridgehead atoms. The zero-order valence-electron chi connectivity index (χ0n) is 19.5. The normalized spacial score (nSPS) is 22.7. The lowest BCUT2D eigenvalue weighted by Gasteiger charge is -2.37. The Morgan fingerprint density at radius 3 is 2.25 bits per heavy atom. The van der Waals surface area contributed by atoms with Gasteiger partial charge in [-0.05, 0) is 87.2 Å². The zero-order valence-corrected chi connectivity index (χ0v) is 19.5. The molecule has 0 aromatic heterocycles.